The van der Waals surface area contributed by atoms with Gasteiger partial charge in [-0.1, -0.05) is 42.5 Å². The summed E-state index contributed by atoms with van der Waals surface area (Å²) in [6, 6.07) is 10.4. The van der Waals surface area contributed by atoms with Crippen molar-refractivity contribution in [1.29, 1.82) is 0 Å². The third kappa shape index (κ3) is 5.10. The summed E-state index contributed by atoms with van der Waals surface area (Å²) >= 11 is 0. The Hall–Kier alpha value is -1.87. The van der Waals surface area contributed by atoms with E-state index in [4.69, 9.17) is 0 Å². The van der Waals surface area contributed by atoms with Crippen LogP contribution in [0.2, 0.25) is 0 Å². The van der Waals surface area contributed by atoms with Gasteiger partial charge in [-0.05, 0) is 19.0 Å². The van der Waals surface area contributed by atoms with Crippen molar-refractivity contribution in [2.24, 2.45) is 0 Å². The number of hydrogen-bond donors (Lipinski definition) is 1. The maximum atomic E-state index is 4.02. The molecule has 0 aliphatic carbocycles. The first-order valence-electron chi connectivity index (χ1n) is 6.72. The molecule has 0 aliphatic rings. The SMILES string of the molecule is CN(CC/C=C/c1ccccc1)CCc1cnc[nH]1. The van der Waals surface area contributed by atoms with E-state index in [0.29, 0.717) is 0 Å². The van der Waals surface area contributed by atoms with Gasteiger partial charge in [0.2, 0.25) is 0 Å². The third-order valence-electron chi connectivity index (χ3n) is 3.11. The van der Waals surface area contributed by atoms with Crippen LogP contribution >= 0.6 is 0 Å². The van der Waals surface area contributed by atoms with Gasteiger partial charge in [0, 0.05) is 31.4 Å². The number of benzene rings is 1. The molecule has 0 fully saturated rings. The van der Waals surface area contributed by atoms with Gasteiger partial charge < -0.3 is 9.88 Å². The van der Waals surface area contributed by atoms with Crippen LogP contribution < -0.4 is 0 Å². The molecule has 1 aromatic heterocycles. The number of likely N-dealkylation sites (N-methyl/N-ethyl adjacent to an activating group) is 1. The molecule has 0 atom stereocenters. The van der Waals surface area contributed by atoms with E-state index in [-0.39, 0.29) is 0 Å². The summed E-state index contributed by atoms with van der Waals surface area (Å²) in [5.41, 5.74) is 2.47. The first kappa shape index (κ1) is 13.6. The first-order chi connectivity index (χ1) is 9.34. The highest BCUT2D eigenvalue weighted by Gasteiger charge is 1.98. The van der Waals surface area contributed by atoms with Crippen LogP contribution in [0.1, 0.15) is 17.7 Å². The number of imidazole rings is 1. The van der Waals surface area contributed by atoms with Crippen molar-refractivity contribution in [2.45, 2.75) is 12.8 Å². The number of nitrogens with zero attached hydrogens (tertiary/aromatic N) is 2. The summed E-state index contributed by atoms with van der Waals surface area (Å²) < 4.78 is 0. The van der Waals surface area contributed by atoms with Gasteiger partial charge in [0.25, 0.3) is 0 Å². The van der Waals surface area contributed by atoms with Crippen molar-refractivity contribution in [3.05, 3.63) is 60.2 Å². The minimum atomic E-state index is 1.03. The van der Waals surface area contributed by atoms with E-state index in [2.05, 4.69) is 58.3 Å². The Bertz CT molecular complexity index is 474. The van der Waals surface area contributed by atoms with Crippen LogP contribution in [0, 0.1) is 0 Å². The minimum Gasteiger partial charge on any atom is -0.348 e. The van der Waals surface area contributed by atoms with Crippen LogP contribution in [0.3, 0.4) is 0 Å². The van der Waals surface area contributed by atoms with Crippen LogP contribution in [-0.4, -0.2) is 35.0 Å². The molecular formula is C16H21N3. The molecule has 0 bridgehead atoms. The van der Waals surface area contributed by atoms with E-state index in [1.54, 1.807) is 6.33 Å². The van der Waals surface area contributed by atoms with Crippen molar-refractivity contribution in [1.82, 2.24) is 14.9 Å². The molecule has 0 radical (unpaired) electrons. The standard InChI is InChI=1S/C16H21N3/c1-19(12-10-16-13-17-14-18-16)11-6-5-9-15-7-3-2-4-8-15/h2-5,7-9,13-14H,6,10-12H2,1H3,(H,17,18)/b9-5+. The van der Waals surface area contributed by atoms with Crippen molar-refractivity contribution in [3.8, 4) is 0 Å². The summed E-state index contributed by atoms with van der Waals surface area (Å²) in [6.45, 7) is 2.14. The summed E-state index contributed by atoms with van der Waals surface area (Å²) in [5.74, 6) is 0. The molecule has 2 aromatic rings. The van der Waals surface area contributed by atoms with Crippen molar-refractivity contribution >= 4 is 6.08 Å². The predicted octanol–water partition coefficient (Wildman–Crippen LogP) is 2.99. The molecule has 0 amide bonds. The molecule has 0 saturated carbocycles. The average molecular weight is 255 g/mol. The van der Waals surface area contributed by atoms with Crippen LogP contribution in [0.5, 0.6) is 0 Å². The van der Waals surface area contributed by atoms with Crippen molar-refractivity contribution in [3.63, 3.8) is 0 Å². The topological polar surface area (TPSA) is 31.9 Å². The molecule has 1 aromatic carbocycles. The second kappa shape index (κ2) is 7.54. The number of aromatic nitrogens is 2. The molecule has 0 aliphatic heterocycles. The summed E-state index contributed by atoms with van der Waals surface area (Å²) in [7, 11) is 2.16. The average Bonchev–Trinajstić information content (AvgIpc) is 2.96. The minimum absolute atomic E-state index is 1.03. The maximum absolute atomic E-state index is 4.02. The lowest BCUT2D eigenvalue weighted by molar-refractivity contribution is 0.344. The smallest absolute Gasteiger partial charge is 0.0921 e. The number of nitrogens with one attached hydrogen (secondary N) is 1. The fraction of sp³-hybridized carbons (Fsp3) is 0.312. The van der Waals surface area contributed by atoms with Crippen molar-refractivity contribution in [2.75, 3.05) is 20.1 Å². The zero-order chi connectivity index (χ0) is 13.3. The quantitative estimate of drug-likeness (QED) is 0.825. The Morgan fingerprint density at radius 2 is 2.05 bits per heavy atom. The highest BCUT2D eigenvalue weighted by molar-refractivity contribution is 5.48. The maximum Gasteiger partial charge on any atom is 0.0921 e. The number of hydrogen-bond acceptors (Lipinski definition) is 2. The normalized spacial score (nSPS) is 11.5. The van der Waals surface area contributed by atoms with E-state index in [9.17, 15) is 0 Å². The van der Waals surface area contributed by atoms with Crippen LogP contribution in [-0.2, 0) is 6.42 Å². The lowest BCUT2D eigenvalue weighted by atomic mass is 10.2. The highest BCUT2D eigenvalue weighted by Crippen LogP contribution is 2.02. The van der Waals surface area contributed by atoms with Gasteiger partial charge in [-0.3, -0.25) is 0 Å². The third-order valence-corrected chi connectivity index (χ3v) is 3.11. The predicted molar refractivity (Wildman–Crippen MR) is 79.9 cm³/mol. The molecule has 0 spiro atoms. The Morgan fingerprint density at radius 1 is 1.21 bits per heavy atom. The van der Waals surface area contributed by atoms with E-state index in [0.717, 1.165) is 25.9 Å². The molecule has 1 heterocycles. The van der Waals surface area contributed by atoms with Gasteiger partial charge >= 0.3 is 0 Å². The fourth-order valence-electron chi connectivity index (χ4n) is 1.92. The van der Waals surface area contributed by atoms with Crippen molar-refractivity contribution < 1.29 is 0 Å². The molecule has 3 nitrogen and oxygen atoms in total. The fourth-order valence-corrected chi connectivity index (χ4v) is 1.92. The Morgan fingerprint density at radius 3 is 2.79 bits per heavy atom. The first-order valence-corrected chi connectivity index (χ1v) is 6.72. The summed E-state index contributed by atoms with van der Waals surface area (Å²) in [4.78, 5) is 9.50. The summed E-state index contributed by atoms with van der Waals surface area (Å²) in [6.07, 6.45) is 10.2. The zero-order valence-corrected chi connectivity index (χ0v) is 11.4. The molecule has 0 unspecified atom stereocenters. The second-order valence-corrected chi connectivity index (χ2v) is 4.73. The molecule has 19 heavy (non-hydrogen) atoms. The second-order valence-electron chi connectivity index (χ2n) is 4.73. The summed E-state index contributed by atoms with van der Waals surface area (Å²) in [5, 5.41) is 0. The van der Waals surface area contributed by atoms with Crippen LogP contribution in [0.15, 0.2) is 48.9 Å². The van der Waals surface area contributed by atoms with Gasteiger partial charge in [-0.2, -0.15) is 0 Å². The molecule has 2 rings (SSSR count). The lowest BCUT2D eigenvalue weighted by Gasteiger charge is -2.14. The zero-order valence-electron chi connectivity index (χ0n) is 11.4. The van der Waals surface area contributed by atoms with Gasteiger partial charge in [0.1, 0.15) is 0 Å². The Balaban J connectivity index is 1.64. The van der Waals surface area contributed by atoms with Gasteiger partial charge in [-0.15, -0.1) is 0 Å². The number of rotatable bonds is 7. The Labute approximate surface area is 115 Å². The van der Waals surface area contributed by atoms with Gasteiger partial charge in [0.15, 0.2) is 0 Å². The Kier molecular flexibility index (Phi) is 5.38. The number of H-pyrrole nitrogens is 1. The molecular weight excluding hydrogens is 234 g/mol. The molecule has 1 N–H and O–H groups in total. The van der Waals surface area contributed by atoms with Gasteiger partial charge in [-0.25, -0.2) is 4.98 Å². The van der Waals surface area contributed by atoms with Crippen LogP contribution in [0.4, 0.5) is 0 Å². The molecule has 0 saturated heterocycles. The van der Waals surface area contributed by atoms with Gasteiger partial charge in [0.05, 0.1) is 6.33 Å². The van der Waals surface area contributed by atoms with E-state index < -0.39 is 0 Å². The van der Waals surface area contributed by atoms with Crippen LogP contribution in [0.25, 0.3) is 6.08 Å². The van der Waals surface area contributed by atoms with E-state index in [1.807, 2.05) is 12.3 Å². The monoisotopic (exact) mass is 255 g/mol. The van der Waals surface area contributed by atoms with E-state index in [1.165, 1.54) is 11.3 Å². The largest absolute Gasteiger partial charge is 0.348 e. The van der Waals surface area contributed by atoms with E-state index >= 15 is 0 Å². The molecule has 3 heteroatoms. The highest BCUT2D eigenvalue weighted by atomic mass is 15.1. The number of aromatic amines is 1. The lowest BCUT2D eigenvalue weighted by Crippen LogP contribution is -2.22. The molecule has 100 valence electrons.